The van der Waals surface area contributed by atoms with E-state index in [-0.39, 0.29) is 0 Å². The summed E-state index contributed by atoms with van der Waals surface area (Å²) in [6, 6.07) is -1.01. The zero-order valence-electron chi connectivity index (χ0n) is 39.3. The number of carbonyl (C=O) groups excluding carboxylic acids is 1. The summed E-state index contributed by atoms with van der Waals surface area (Å²) in [6.45, 7) is 4.05. The molecular formula is C53H101NO5. The van der Waals surface area contributed by atoms with Gasteiger partial charge in [0.2, 0.25) is 5.91 Å². The number of allylic oxidation sites excluding steroid dienone is 6. The maximum atomic E-state index is 12.6. The van der Waals surface area contributed by atoms with E-state index in [2.05, 4.69) is 55.6 Å². The van der Waals surface area contributed by atoms with Crippen LogP contribution in [0, 0.1) is 0 Å². The number of hydrogen-bond donors (Lipinski definition) is 5. The van der Waals surface area contributed by atoms with E-state index < -0.39 is 36.9 Å². The average Bonchev–Trinajstić information content (AvgIpc) is 3.24. The fourth-order valence-corrected chi connectivity index (χ4v) is 7.97. The summed E-state index contributed by atoms with van der Waals surface area (Å²) in [5, 5.41) is 43.8. The third-order valence-electron chi connectivity index (χ3n) is 12.1. The summed E-state index contributed by atoms with van der Waals surface area (Å²) < 4.78 is 0. The molecule has 59 heavy (non-hydrogen) atoms. The number of unbranched alkanes of at least 4 members (excludes halogenated alkanes) is 32. The van der Waals surface area contributed by atoms with Crippen molar-refractivity contribution in [3.05, 3.63) is 36.5 Å². The lowest BCUT2D eigenvalue weighted by molar-refractivity contribution is -0.132. The number of aliphatic hydroxyl groups excluding tert-OH is 4. The van der Waals surface area contributed by atoms with Gasteiger partial charge in [-0.2, -0.15) is 0 Å². The molecule has 5 N–H and O–H groups in total. The van der Waals surface area contributed by atoms with Gasteiger partial charge in [0.1, 0.15) is 12.2 Å². The van der Waals surface area contributed by atoms with Crippen LogP contribution >= 0.6 is 0 Å². The van der Waals surface area contributed by atoms with Gasteiger partial charge in [-0.1, -0.05) is 237 Å². The van der Waals surface area contributed by atoms with Crippen LogP contribution < -0.4 is 5.32 Å². The Labute approximate surface area is 367 Å². The van der Waals surface area contributed by atoms with E-state index in [1.54, 1.807) is 0 Å². The Kier molecular flexibility index (Phi) is 46.4. The van der Waals surface area contributed by atoms with Gasteiger partial charge in [0, 0.05) is 0 Å². The Balaban J connectivity index is 3.72. The number of carbonyl (C=O) groups is 1. The molecule has 6 heteroatoms. The van der Waals surface area contributed by atoms with E-state index in [9.17, 15) is 25.2 Å². The SMILES string of the molecule is CCCCCCCCC/C=C/CC/C=C/CC/C=C/CCCC(O)C(O)C(CO)NC(=O)C(O)CCCCCCCCCCCCCCCCCCCCCCCCC. The molecule has 0 aliphatic heterocycles. The lowest BCUT2D eigenvalue weighted by Crippen LogP contribution is -2.53. The van der Waals surface area contributed by atoms with E-state index in [0.29, 0.717) is 19.3 Å². The Hall–Kier alpha value is -1.47. The first-order valence-corrected chi connectivity index (χ1v) is 25.9. The zero-order valence-corrected chi connectivity index (χ0v) is 39.3. The number of amides is 1. The van der Waals surface area contributed by atoms with E-state index in [0.717, 1.165) is 51.4 Å². The molecule has 0 heterocycles. The Morgan fingerprint density at radius 1 is 0.407 bits per heavy atom. The van der Waals surface area contributed by atoms with Gasteiger partial charge >= 0.3 is 0 Å². The molecule has 0 aliphatic rings. The van der Waals surface area contributed by atoms with Crippen molar-refractivity contribution in [3.8, 4) is 0 Å². The Bertz CT molecular complexity index is 935. The maximum Gasteiger partial charge on any atom is 0.249 e. The van der Waals surface area contributed by atoms with Crippen molar-refractivity contribution in [2.75, 3.05) is 6.61 Å². The normalized spacial score (nSPS) is 14.2. The molecule has 6 nitrogen and oxygen atoms in total. The second kappa shape index (κ2) is 47.6. The molecular weight excluding hydrogens is 731 g/mol. The van der Waals surface area contributed by atoms with Crippen molar-refractivity contribution in [1.29, 1.82) is 0 Å². The van der Waals surface area contributed by atoms with Crippen LogP contribution in [0.4, 0.5) is 0 Å². The van der Waals surface area contributed by atoms with Gasteiger partial charge in [0.25, 0.3) is 0 Å². The van der Waals surface area contributed by atoms with E-state index in [1.807, 2.05) is 0 Å². The van der Waals surface area contributed by atoms with Crippen LogP contribution in [0.2, 0.25) is 0 Å². The average molecular weight is 832 g/mol. The topological polar surface area (TPSA) is 110 Å². The molecule has 0 radical (unpaired) electrons. The van der Waals surface area contributed by atoms with Crippen LogP contribution in [-0.4, -0.2) is 57.3 Å². The Morgan fingerprint density at radius 3 is 1.07 bits per heavy atom. The van der Waals surface area contributed by atoms with Crippen LogP contribution in [0.15, 0.2) is 36.5 Å². The van der Waals surface area contributed by atoms with Crippen LogP contribution in [0.3, 0.4) is 0 Å². The van der Waals surface area contributed by atoms with Gasteiger partial charge in [-0.15, -0.1) is 0 Å². The van der Waals surface area contributed by atoms with Crippen LogP contribution in [0.1, 0.15) is 264 Å². The van der Waals surface area contributed by atoms with Crippen LogP contribution in [0.25, 0.3) is 0 Å². The van der Waals surface area contributed by atoms with Crippen molar-refractivity contribution >= 4 is 5.91 Å². The number of aliphatic hydroxyl groups is 4. The molecule has 1 amide bonds. The molecule has 0 aromatic carbocycles. The summed E-state index contributed by atoms with van der Waals surface area (Å²) in [7, 11) is 0. The lowest BCUT2D eigenvalue weighted by atomic mass is 10.00. The Morgan fingerprint density at radius 2 is 0.712 bits per heavy atom. The molecule has 0 saturated heterocycles. The standard InChI is InChI=1S/C53H101NO5/c1-3-5-7-9-11-13-15-17-19-21-23-25-26-27-29-31-33-35-37-39-41-43-45-47-51(57)53(59)54-49(48-55)52(58)50(56)46-44-42-40-38-36-34-32-30-28-24-22-20-18-16-14-12-10-8-6-4-2/h20,22,30,32,38,40,49-52,55-58H,3-19,21,23-29,31,33-37,39,41-48H2,1-2H3,(H,54,59)/b22-20+,32-30+,40-38+. The molecule has 0 bridgehead atoms. The van der Waals surface area contributed by atoms with Crippen molar-refractivity contribution in [2.24, 2.45) is 0 Å². The molecule has 0 saturated carbocycles. The molecule has 0 aromatic heterocycles. The summed E-state index contributed by atoms with van der Waals surface area (Å²) in [4.78, 5) is 12.6. The predicted molar refractivity (Wildman–Crippen MR) is 256 cm³/mol. The molecule has 4 unspecified atom stereocenters. The van der Waals surface area contributed by atoms with Crippen LogP contribution in [-0.2, 0) is 4.79 Å². The molecule has 0 spiro atoms. The largest absolute Gasteiger partial charge is 0.394 e. The summed E-state index contributed by atoms with van der Waals surface area (Å²) in [5.41, 5.74) is 0. The molecule has 0 aromatic rings. The number of nitrogens with one attached hydrogen (secondary N) is 1. The zero-order chi connectivity index (χ0) is 43.1. The van der Waals surface area contributed by atoms with Crippen molar-refractivity contribution < 1.29 is 25.2 Å². The van der Waals surface area contributed by atoms with Crippen LogP contribution in [0.5, 0.6) is 0 Å². The predicted octanol–water partition coefficient (Wildman–Crippen LogP) is 14.5. The molecule has 0 aliphatic carbocycles. The second-order valence-electron chi connectivity index (χ2n) is 17.8. The lowest BCUT2D eigenvalue weighted by Gasteiger charge is -2.27. The summed E-state index contributed by atoms with van der Waals surface area (Å²) in [5.74, 6) is -0.596. The van der Waals surface area contributed by atoms with E-state index in [4.69, 9.17) is 0 Å². The van der Waals surface area contributed by atoms with Gasteiger partial charge in [-0.25, -0.2) is 0 Å². The fraction of sp³-hybridized carbons (Fsp3) is 0.868. The minimum atomic E-state index is -1.29. The first-order valence-electron chi connectivity index (χ1n) is 25.9. The van der Waals surface area contributed by atoms with Crippen molar-refractivity contribution in [3.63, 3.8) is 0 Å². The highest BCUT2D eigenvalue weighted by atomic mass is 16.3. The number of hydrogen-bond acceptors (Lipinski definition) is 5. The van der Waals surface area contributed by atoms with Crippen molar-refractivity contribution in [1.82, 2.24) is 5.32 Å². The molecule has 4 atom stereocenters. The second-order valence-corrected chi connectivity index (χ2v) is 17.8. The third kappa shape index (κ3) is 41.6. The van der Waals surface area contributed by atoms with Gasteiger partial charge in [-0.05, 0) is 64.2 Å². The van der Waals surface area contributed by atoms with Gasteiger partial charge in [-0.3, -0.25) is 4.79 Å². The monoisotopic (exact) mass is 832 g/mol. The van der Waals surface area contributed by atoms with Gasteiger partial charge in [0.15, 0.2) is 0 Å². The van der Waals surface area contributed by atoms with Gasteiger partial charge in [0.05, 0.1) is 18.8 Å². The third-order valence-corrected chi connectivity index (χ3v) is 12.1. The van der Waals surface area contributed by atoms with Gasteiger partial charge < -0.3 is 25.7 Å². The summed E-state index contributed by atoms with van der Waals surface area (Å²) in [6.07, 6.45) is 57.7. The minimum absolute atomic E-state index is 0.362. The molecule has 0 rings (SSSR count). The first kappa shape index (κ1) is 57.5. The van der Waals surface area contributed by atoms with E-state index in [1.165, 1.54) is 180 Å². The molecule has 0 fully saturated rings. The van der Waals surface area contributed by atoms with E-state index >= 15 is 0 Å². The number of rotatable bonds is 47. The molecule has 348 valence electrons. The fourth-order valence-electron chi connectivity index (χ4n) is 7.97. The highest BCUT2D eigenvalue weighted by Crippen LogP contribution is 2.17. The quantitative estimate of drug-likeness (QED) is 0.0310. The highest BCUT2D eigenvalue weighted by molar-refractivity contribution is 5.80. The highest BCUT2D eigenvalue weighted by Gasteiger charge is 2.28. The first-order chi connectivity index (χ1) is 29.0. The minimum Gasteiger partial charge on any atom is -0.394 e. The summed E-state index contributed by atoms with van der Waals surface area (Å²) >= 11 is 0. The maximum absolute atomic E-state index is 12.6. The smallest absolute Gasteiger partial charge is 0.249 e. The van der Waals surface area contributed by atoms with Crippen molar-refractivity contribution in [2.45, 2.75) is 289 Å².